The van der Waals surface area contributed by atoms with Crippen molar-refractivity contribution < 1.29 is 13.2 Å². The van der Waals surface area contributed by atoms with Crippen molar-refractivity contribution in [3.63, 3.8) is 0 Å². The van der Waals surface area contributed by atoms with Crippen LogP contribution in [0.15, 0.2) is 17.2 Å². The van der Waals surface area contributed by atoms with Gasteiger partial charge in [0.1, 0.15) is 11.4 Å². The molecule has 8 nitrogen and oxygen atoms in total. The quantitative estimate of drug-likeness (QED) is 0.871. The first-order valence-electron chi connectivity index (χ1n) is 7.78. The molecule has 0 radical (unpaired) electrons. The number of rotatable bonds is 4. The van der Waals surface area contributed by atoms with Gasteiger partial charge in [0.2, 0.25) is 5.91 Å². The van der Waals surface area contributed by atoms with Crippen LogP contribution in [0.1, 0.15) is 29.4 Å². The fraction of sp³-hybridized carbons (Fsp3) is 0.533. The van der Waals surface area contributed by atoms with Crippen LogP contribution < -0.4 is 0 Å². The number of carbonyl (C=O) groups excluding carboxylic acids is 1. The van der Waals surface area contributed by atoms with Gasteiger partial charge < -0.3 is 4.90 Å². The molecule has 0 saturated carbocycles. The summed E-state index contributed by atoms with van der Waals surface area (Å²) in [5.74, 6) is -0.0502. The fourth-order valence-electron chi connectivity index (χ4n) is 3.16. The maximum atomic E-state index is 12.5. The molecule has 0 unspecified atom stereocenters. The molecule has 0 aromatic carbocycles. The summed E-state index contributed by atoms with van der Waals surface area (Å²) >= 11 is 0. The molecule has 3 rings (SSSR count). The SMILES string of the molecule is Cc1cc(C)n(CC(=O)N2CC[C@@H](c3[nH]ncc3S(C)(=O)=O)C2)n1. The molecular weight excluding hydrogens is 330 g/mol. The highest BCUT2D eigenvalue weighted by Crippen LogP contribution is 2.30. The summed E-state index contributed by atoms with van der Waals surface area (Å²) in [5.41, 5.74) is 2.43. The van der Waals surface area contributed by atoms with Gasteiger partial charge in [0.15, 0.2) is 9.84 Å². The van der Waals surface area contributed by atoms with E-state index in [4.69, 9.17) is 0 Å². The minimum Gasteiger partial charge on any atom is -0.340 e. The van der Waals surface area contributed by atoms with E-state index in [-0.39, 0.29) is 23.3 Å². The summed E-state index contributed by atoms with van der Waals surface area (Å²) in [6, 6.07) is 1.93. The molecule has 2 aromatic rings. The predicted molar refractivity (Wildman–Crippen MR) is 87.3 cm³/mol. The fourth-order valence-corrected chi connectivity index (χ4v) is 4.01. The second-order valence-electron chi connectivity index (χ2n) is 6.33. The maximum Gasteiger partial charge on any atom is 0.244 e. The highest BCUT2D eigenvalue weighted by Gasteiger charge is 2.32. The molecular formula is C15H21N5O3S. The Bertz CT molecular complexity index is 868. The minimum atomic E-state index is -3.33. The highest BCUT2D eigenvalue weighted by molar-refractivity contribution is 7.90. The van der Waals surface area contributed by atoms with Gasteiger partial charge in [-0.25, -0.2) is 8.42 Å². The van der Waals surface area contributed by atoms with Crippen molar-refractivity contribution in [1.82, 2.24) is 24.9 Å². The zero-order valence-electron chi connectivity index (χ0n) is 14.0. The third kappa shape index (κ3) is 3.21. The number of aromatic amines is 1. The van der Waals surface area contributed by atoms with E-state index < -0.39 is 9.84 Å². The van der Waals surface area contributed by atoms with Crippen molar-refractivity contribution >= 4 is 15.7 Å². The molecule has 1 N–H and O–H groups in total. The summed E-state index contributed by atoms with van der Waals surface area (Å²) in [4.78, 5) is 14.5. The van der Waals surface area contributed by atoms with Crippen molar-refractivity contribution in [1.29, 1.82) is 0 Å². The number of aryl methyl sites for hydroxylation is 2. The van der Waals surface area contributed by atoms with Crippen LogP contribution in [-0.2, 0) is 21.2 Å². The van der Waals surface area contributed by atoms with Crippen LogP contribution in [-0.4, -0.2) is 58.5 Å². The van der Waals surface area contributed by atoms with E-state index in [2.05, 4.69) is 15.3 Å². The molecule has 0 spiro atoms. The maximum absolute atomic E-state index is 12.5. The lowest BCUT2D eigenvalue weighted by Crippen LogP contribution is -2.32. The number of amides is 1. The molecule has 2 aromatic heterocycles. The second kappa shape index (κ2) is 6.04. The largest absolute Gasteiger partial charge is 0.340 e. The monoisotopic (exact) mass is 351 g/mol. The molecule has 130 valence electrons. The molecule has 0 aliphatic carbocycles. The van der Waals surface area contributed by atoms with Gasteiger partial charge in [-0.2, -0.15) is 10.2 Å². The molecule has 1 amide bonds. The van der Waals surface area contributed by atoms with E-state index in [0.29, 0.717) is 25.2 Å². The van der Waals surface area contributed by atoms with Crippen LogP contribution in [0.3, 0.4) is 0 Å². The first-order chi connectivity index (χ1) is 11.3. The lowest BCUT2D eigenvalue weighted by atomic mass is 10.1. The van der Waals surface area contributed by atoms with E-state index in [1.807, 2.05) is 19.9 Å². The Balaban J connectivity index is 1.71. The zero-order chi connectivity index (χ0) is 17.5. The molecule has 1 fully saturated rings. The number of nitrogens with zero attached hydrogens (tertiary/aromatic N) is 4. The number of nitrogens with one attached hydrogen (secondary N) is 1. The Morgan fingerprint density at radius 2 is 2.17 bits per heavy atom. The number of H-pyrrole nitrogens is 1. The minimum absolute atomic E-state index is 0.0101. The molecule has 1 atom stereocenters. The van der Waals surface area contributed by atoms with Gasteiger partial charge >= 0.3 is 0 Å². The van der Waals surface area contributed by atoms with E-state index in [0.717, 1.165) is 11.4 Å². The normalized spacial score (nSPS) is 18.3. The van der Waals surface area contributed by atoms with Crippen molar-refractivity contribution in [3.8, 4) is 0 Å². The van der Waals surface area contributed by atoms with Gasteiger partial charge in [-0.3, -0.25) is 14.6 Å². The van der Waals surface area contributed by atoms with Crippen LogP contribution in [0, 0.1) is 13.8 Å². The third-order valence-electron chi connectivity index (χ3n) is 4.37. The van der Waals surface area contributed by atoms with Crippen LogP contribution >= 0.6 is 0 Å². The predicted octanol–water partition coefficient (Wildman–Crippen LogP) is 0.643. The summed E-state index contributed by atoms with van der Waals surface area (Å²) in [7, 11) is -3.33. The van der Waals surface area contributed by atoms with Crippen molar-refractivity contribution in [2.45, 2.75) is 37.6 Å². The zero-order valence-corrected chi connectivity index (χ0v) is 14.8. The van der Waals surface area contributed by atoms with Crippen LogP contribution in [0.4, 0.5) is 0 Å². The molecule has 24 heavy (non-hydrogen) atoms. The molecule has 9 heteroatoms. The summed E-state index contributed by atoms with van der Waals surface area (Å²) in [6.07, 6.45) is 3.22. The molecule has 0 bridgehead atoms. The van der Waals surface area contributed by atoms with Gasteiger partial charge in [-0.15, -0.1) is 0 Å². The van der Waals surface area contributed by atoms with E-state index in [9.17, 15) is 13.2 Å². The topological polar surface area (TPSA) is 101 Å². The third-order valence-corrected chi connectivity index (χ3v) is 5.49. The van der Waals surface area contributed by atoms with E-state index in [1.54, 1.807) is 9.58 Å². The number of sulfone groups is 1. The van der Waals surface area contributed by atoms with Crippen LogP contribution in [0.2, 0.25) is 0 Å². The Labute approximate surface area is 140 Å². The Kier molecular flexibility index (Phi) is 4.20. The van der Waals surface area contributed by atoms with Gasteiger partial charge in [0.25, 0.3) is 0 Å². The second-order valence-corrected chi connectivity index (χ2v) is 8.31. The summed E-state index contributed by atoms with van der Waals surface area (Å²) in [5, 5.41) is 11.0. The molecule has 3 heterocycles. The lowest BCUT2D eigenvalue weighted by molar-refractivity contribution is -0.131. The van der Waals surface area contributed by atoms with E-state index in [1.165, 1.54) is 12.5 Å². The highest BCUT2D eigenvalue weighted by atomic mass is 32.2. The molecule has 1 aliphatic rings. The number of hydrogen-bond donors (Lipinski definition) is 1. The number of hydrogen-bond acceptors (Lipinski definition) is 5. The number of likely N-dealkylation sites (tertiary alicyclic amines) is 1. The molecule has 1 aliphatic heterocycles. The average molecular weight is 351 g/mol. The molecule has 1 saturated heterocycles. The number of carbonyl (C=O) groups is 1. The average Bonchev–Trinajstić information content (AvgIpc) is 3.18. The van der Waals surface area contributed by atoms with E-state index >= 15 is 0 Å². The van der Waals surface area contributed by atoms with Gasteiger partial charge in [0.05, 0.1) is 17.6 Å². The van der Waals surface area contributed by atoms with Gasteiger partial charge in [-0.1, -0.05) is 0 Å². The van der Waals surface area contributed by atoms with Crippen molar-refractivity contribution in [2.24, 2.45) is 0 Å². The Hall–Kier alpha value is -2.16. The van der Waals surface area contributed by atoms with Crippen LogP contribution in [0.5, 0.6) is 0 Å². The summed E-state index contributed by atoms with van der Waals surface area (Å²) < 4.78 is 25.3. The van der Waals surface area contributed by atoms with Crippen molar-refractivity contribution in [3.05, 3.63) is 29.3 Å². The smallest absolute Gasteiger partial charge is 0.244 e. The lowest BCUT2D eigenvalue weighted by Gasteiger charge is -2.17. The number of aromatic nitrogens is 4. The first-order valence-corrected chi connectivity index (χ1v) is 9.67. The van der Waals surface area contributed by atoms with Crippen LogP contribution in [0.25, 0.3) is 0 Å². The van der Waals surface area contributed by atoms with Crippen molar-refractivity contribution in [2.75, 3.05) is 19.3 Å². The Morgan fingerprint density at radius 1 is 1.42 bits per heavy atom. The summed E-state index contributed by atoms with van der Waals surface area (Å²) in [6.45, 7) is 5.11. The Morgan fingerprint density at radius 3 is 2.79 bits per heavy atom. The first kappa shape index (κ1) is 16.7. The van der Waals surface area contributed by atoms with Gasteiger partial charge in [0, 0.05) is 31.0 Å². The standard InChI is InChI=1S/C15H21N5O3S/c1-10-6-11(2)20(18-10)9-14(21)19-5-4-12(8-19)15-13(7-16-17-15)24(3,22)23/h6-7,12H,4-5,8-9H2,1-3H3,(H,16,17)/t12-/m1/s1. The van der Waals surface area contributed by atoms with Gasteiger partial charge in [-0.05, 0) is 26.3 Å².